The Morgan fingerprint density at radius 1 is 0.667 bits per heavy atom. The summed E-state index contributed by atoms with van der Waals surface area (Å²) >= 11 is 0. The summed E-state index contributed by atoms with van der Waals surface area (Å²) in [5.41, 5.74) is -0.564. The van der Waals surface area contributed by atoms with Crippen LogP contribution in [-0.4, -0.2) is 12.6 Å². The Morgan fingerprint density at radius 2 is 1.10 bits per heavy atom. The maximum absolute atomic E-state index is 13.5. The van der Waals surface area contributed by atoms with E-state index in [1.54, 1.807) is 0 Å². The summed E-state index contributed by atoms with van der Waals surface area (Å²) in [6.07, 6.45) is 20.0. The lowest BCUT2D eigenvalue weighted by Gasteiger charge is -2.07. The molecule has 0 bridgehead atoms. The van der Waals surface area contributed by atoms with E-state index < -0.39 is 29.0 Å². The molecule has 0 aromatic heterocycles. The molecule has 30 heavy (non-hydrogen) atoms. The van der Waals surface area contributed by atoms with Gasteiger partial charge in [-0.05, 0) is 18.6 Å². The highest BCUT2D eigenvalue weighted by molar-refractivity contribution is 5.89. The molecule has 0 aliphatic heterocycles. The molecule has 1 aromatic rings. The van der Waals surface area contributed by atoms with Crippen molar-refractivity contribution in [2.24, 2.45) is 0 Å². The average Bonchev–Trinajstić information content (AvgIpc) is 2.74. The van der Waals surface area contributed by atoms with Gasteiger partial charge in [-0.15, -0.1) is 0 Å². The van der Waals surface area contributed by atoms with Crippen molar-refractivity contribution in [1.82, 2.24) is 0 Å². The summed E-state index contributed by atoms with van der Waals surface area (Å²) < 4.78 is 44.5. The maximum atomic E-state index is 13.5. The van der Waals surface area contributed by atoms with Gasteiger partial charge in [-0.25, -0.2) is 18.0 Å². The lowest BCUT2D eigenvalue weighted by atomic mass is 10.0. The highest BCUT2D eigenvalue weighted by Gasteiger charge is 2.19. The summed E-state index contributed by atoms with van der Waals surface area (Å²) in [7, 11) is 0. The van der Waals surface area contributed by atoms with Crippen molar-refractivity contribution in [2.75, 3.05) is 6.61 Å². The van der Waals surface area contributed by atoms with Gasteiger partial charge in [0.05, 0.1) is 12.2 Å². The van der Waals surface area contributed by atoms with Crippen molar-refractivity contribution in [3.63, 3.8) is 0 Å². The number of ether oxygens (including phenoxy) is 1. The molecule has 0 spiro atoms. The zero-order chi connectivity index (χ0) is 22.0. The standard InChI is InChI=1S/C25H39F3O2/c1-2-3-4-5-6-7-8-9-10-11-12-13-14-15-16-17-20-30-25(29)21-18-19-22(26)24(28)23(21)27/h18-19H,2-17,20H2,1H3. The van der Waals surface area contributed by atoms with Gasteiger partial charge >= 0.3 is 5.97 Å². The molecule has 0 N–H and O–H groups in total. The van der Waals surface area contributed by atoms with E-state index in [0.29, 0.717) is 6.42 Å². The van der Waals surface area contributed by atoms with Gasteiger partial charge in [-0.2, -0.15) is 0 Å². The smallest absolute Gasteiger partial charge is 0.341 e. The number of hydrogen-bond donors (Lipinski definition) is 0. The van der Waals surface area contributed by atoms with Crippen LogP contribution in [0, 0.1) is 17.5 Å². The Morgan fingerprint density at radius 3 is 1.57 bits per heavy atom. The second kappa shape index (κ2) is 17.2. The quantitative estimate of drug-likeness (QED) is 0.133. The highest BCUT2D eigenvalue weighted by Crippen LogP contribution is 2.17. The zero-order valence-corrected chi connectivity index (χ0v) is 18.6. The number of carbonyl (C=O) groups is 1. The molecule has 0 saturated heterocycles. The molecule has 0 atom stereocenters. The van der Waals surface area contributed by atoms with Crippen LogP contribution in [-0.2, 0) is 4.74 Å². The van der Waals surface area contributed by atoms with Crippen LogP contribution in [0.4, 0.5) is 13.2 Å². The monoisotopic (exact) mass is 428 g/mol. The van der Waals surface area contributed by atoms with Crippen molar-refractivity contribution in [3.05, 3.63) is 35.1 Å². The second-order valence-corrected chi connectivity index (χ2v) is 8.16. The van der Waals surface area contributed by atoms with E-state index >= 15 is 0 Å². The van der Waals surface area contributed by atoms with E-state index in [1.165, 1.54) is 83.5 Å². The van der Waals surface area contributed by atoms with Crippen LogP contribution in [0.5, 0.6) is 0 Å². The first kappa shape index (κ1) is 26.5. The fourth-order valence-corrected chi connectivity index (χ4v) is 3.58. The summed E-state index contributed by atoms with van der Waals surface area (Å²) in [6.45, 7) is 2.41. The third-order valence-electron chi connectivity index (χ3n) is 5.49. The summed E-state index contributed by atoms with van der Waals surface area (Å²) in [6, 6.07) is 1.63. The molecule has 0 amide bonds. The van der Waals surface area contributed by atoms with Crippen molar-refractivity contribution in [1.29, 1.82) is 0 Å². The SMILES string of the molecule is CCCCCCCCCCCCCCCCCCOC(=O)c1ccc(F)c(F)c1F. The number of unbranched alkanes of at least 4 members (excludes halogenated alkanes) is 15. The van der Waals surface area contributed by atoms with Crippen LogP contribution in [0.3, 0.4) is 0 Å². The van der Waals surface area contributed by atoms with Crippen LogP contribution >= 0.6 is 0 Å². The average molecular weight is 429 g/mol. The Kier molecular flexibility index (Phi) is 15.2. The normalized spacial score (nSPS) is 11.1. The molecule has 0 heterocycles. The first-order valence-corrected chi connectivity index (χ1v) is 11.9. The van der Waals surface area contributed by atoms with E-state index in [2.05, 4.69) is 6.92 Å². The number of carbonyl (C=O) groups excluding carboxylic acids is 1. The third kappa shape index (κ3) is 11.6. The molecule has 2 nitrogen and oxygen atoms in total. The molecule has 1 aromatic carbocycles. The topological polar surface area (TPSA) is 26.3 Å². The predicted molar refractivity (Wildman–Crippen MR) is 116 cm³/mol. The van der Waals surface area contributed by atoms with E-state index in [9.17, 15) is 18.0 Å². The number of rotatable bonds is 18. The minimum atomic E-state index is -1.65. The number of halogens is 3. The summed E-state index contributed by atoms with van der Waals surface area (Å²) in [4.78, 5) is 11.7. The van der Waals surface area contributed by atoms with Crippen molar-refractivity contribution < 1.29 is 22.7 Å². The lowest BCUT2D eigenvalue weighted by molar-refractivity contribution is 0.0491. The second-order valence-electron chi connectivity index (χ2n) is 8.16. The molecule has 0 unspecified atom stereocenters. The van der Waals surface area contributed by atoms with Crippen molar-refractivity contribution in [2.45, 2.75) is 110 Å². The van der Waals surface area contributed by atoms with Gasteiger partial charge in [0.25, 0.3) is 0 Å². The van der Waals surface area contributed by atoms with E-state index in [4.69, 9.17) is 4.74 Å². The van der Waals surface area contributed by atoms with E-state index in [0.717, 1.165) is 25.0 Å². The van der Waals surface area contributed by atoms with E-state index in [1.807, 2.05) is 0 Å². The highest BCUT2D eigenvalue weighted by atomic mass is 19.2. The van der Waals surface area contributed by atoms with Crippen LogP contribution in [0.25, 0.3) is 0 Å². The predicted octanol–water partition coefficient (Wildman–Crippen LogP) is 8.52. The van der Waals surface area contributed by atoms with Crippen LogP contribution < -0.4 is 0 Å². The molecule has 0 fully saturated rings. The molecule has 172 valence electrons. The fourth-order valence-electron chi connectivity index (χ4n) is 3.58. The molecule has 0 saturated carbocycles. The van der Waals surface area contributed by atoms with Crippen LogP contribution in [0.1, 0.15) is 120 Å². The molecule has 1 rings (SSSR count). The van der Waals surface area contributed by atoms with E-state index in [-0.39, 0.29) is 6.61 Å². The molecule has 5 heteroatoms. The first-order chi connectivity index (χ1) is 14.6. The minimum Gasteiger partial charge on any atom is -0.462 e. The lowest BCUT2D eigenvalue weighted by Crippen LogP contribution is -2.10. The largest absolute Gasteiger partial charge is 0.462 e. The number of benzene rings is 1. The Labute approximate surface area is 180 Å². The third-order valence-corrected chi connectivity index (χ3v) is 5.49. The van der Waals surface area contributed by atoms with Gasteiger partial charge in [-0.1, -0.05) is 103 Å². The molecule has 0 aliphatic carbocycles. The number of hydrogen-bond acceptors (Lipinski definition) is 2. The van der Waals surface area contributed by atoms with Crippen LogP contribution in [0.2, 0.25) is 0 Å². The molecular formula is C25H39F3O2. The molecular weight excluding hydrogens is 389 g/mol. The molecule has 0 radical (unpaired) electrons. The van der Waals surface area contributed by atoms with Gasteiger partial charge in [0.15, 0.2) is 17.5 Å². The van der Waals surface area contributed by atoms with Gasteiger partial charge < -0.3 is 4.74 Å². The van der Waals surface area contributed by atoms with Gasteiger partial charge in [-0.3, -0.25) is 0 Å². The van der Waals surface area contributed by atoms with Crippen molar-refractivity contribution >= 4 is 5.97 Å². The van der Waals surface area contributed by atoms with Gasteiger partial charge in [0, 0.05) is 0 Å². The maximum Gasteiger partial charge on any atom is 0.341 e. The fraction of sp³-hybridized carbons (Fsp3) is 0.720. The Hall–Kier alpha value is -1.52. The van der Waals surface area contributed by atoms with Gasteiger partial charge in [0.2, 0.25) is 0 Å². The minimum absolute atomic E-state index is 0.162. The Bertz CT molecular complexity index is 590. The summed E-state index contributed by atoms with van der Waals surface area (Å²) in [5, 5.41) is 0. The van der Waals surface area contributed by atoms with Gasteiger partial charge in [0.1, 0.15) is 0 Å². The molecule has 0 aliphatic rings. The first-order valence-electron chi connectivity index (χ1n) is 11.9. The zero-order valence-electron chi connectivity index (χ0n) is 18.6. The van der Waals surface area contributed by atoms with Crippen molar-refractivity contribution in [3.8, 4) is 0 Å². The summed E-state index contributed by atoms with van der Waals surface area (Å²) in [5.74, 6) is -5.41. The van der Waals surface area contributed by atoms with Crippen LogP contribution in [0.15, 0.2) is 12.1 Å². The number of esters is 1. The Balaban J connectivity index is 1.89.